The van der Waals surface area contributed by atoms with Gasteiger partial charge in [0, 0.05) is 6.20 Å². The van der Waals surface area contributed by atoms with E-state index in [0.717, 1.165) is 0 Å². The van der Waals surface area contributed by atoms with Crippen LogP contribution < -0.4 is 0 Å². The number of aromatic nitrogens is 3. The number of ether oxygens (including phenoxy) is 1. The maximum absolute atomic E-state index is 11.0. The van der Waals surface area contributed by atoms with Gasteiger partial charge in [-0.3, -0.25) is 0 Å². The second-order valence-corrected chi connectivity index (χ2v) is 4.95. The van der Waals surface area contributed by atoms with Crippen LogP contribution in [-0.4, -0.2) is 31.6 Å². The molecule has 0 spiro atoms. The molecule has 0 aliphatic carbocycles. The molecule has 6 nitrogen and oxygen atoms in total. The van der Waals surface area contributed by atoms with Crippen LogP contribution in [0.1, 0.15) is 37.0 Å². The number of rotatable bonds is 3. The highest BCUT2D eigenvalue weighted by atomic mass is 16.5. The number of imidazole rings is 1. The Morgan fingerprint density at radius 3 is 2.83 bits per heavy atom. The summed E-state index contributed by atoms with van der Waals surface area (Å²) < 4.78 is 5.58. The van der Waals surface area contributed by atoms with Crippen molar-refractivity contribution in [2.24, 2.45) is 0 Å². The first kappa shape index (κ1) is 12.5. The molecule has 2 aromatic rings. The van der Waals surface area contributed by atoms with Crippen molar-refractivity contribution < 1.29 is 14.6 Å². The van der Waals surface area contributed by atoms with Crippen molar-refractivity contribution in [2.75, 3.05) is 0 Å². The summed E-state index contributed by atoms with van der Waals surface area (Å²) in [6.45, 7) is 6.11. The van der Waals surface area contributed by atoms with E-state index >= 15 is 0 Å². The fourth-order valence-electron chi connectivity index (χ4n) is 1.49. The maximum Gasteiger partial charge on any atom is 0.338 e. The standard InChI is InChI=1S/C12H15N3O3/c1-12(2,3)18-6-8-14-9-7(11(16)17)4-5-13-10(9)15-8/h4-5H,6H2,1-3H3,(H,16,17)(H,13,14,15). The molecule has 0 amide bonds. The Balaban J connectivity index is 2.33. The number of aromatic amines is 1. The summed E-state index contributed by atoms with van der Waals surface area (Å²) in [5.74, 6) is -0.435. The molecule has 0 bridgehead atoms. The van der Waals surface area contributed by atoms with Gasteiger partial charge in [0.15, 0.2) is 5.65 Å². The summed E-state index contributed by atoms with van der Waals surface area (Å²) in [5.41, 5.74) is 0.705. The van der Waals surface area contributed by atoms with Crippen LogP contribution in [-0.2, 0) is 11.3 Å². The molecule has 6 heteroatoms. The average Bonchev–Trinajstić information content (AvgIpc) is 2.67. The van der Waals surface area contributed by atoms with Crippen molar-refractivity contribution in [3.63, 3.8) is 0 Å². The molecule has 0 aromatic carbocycles. The topological polar surface area (TPSA) is 88.1 Å². The van der Waals surface area contributed by atoms with Gasteiger partial charge in [-0.1, -0.05) is 0 Å². The third-order valence-electron chi connectivity index (χ3n) is 2.31. The first-order valence-electron chi connectivity index (χ1n) is 5.58. The molecule has 2 N–H and O–H groups in total. The van der Waals surface area contributed by atoms with Gasteiger partial charge >= 0.3 is 5.97 Å². The minimum atomic E-state index is -1.01. The average molecular weight is 249 g/mol. The minimum Gasteiger partial charge on any atom is -0.478 e. The lowest BCUT2D eigenvalue weighted by atomic mass is 10.2. The molecule has 96 valence electrons. The van der Waals surface area contributed by atoms with Gasteiger partial charge in [0.25, 0.3) is 0 Å². The predicted molar refractivity (Wildman–Crippen MR) is 65.4 cm³/mol. The molecular weight excluding hydrogens is 234 g/mol. The number of pyridine rings is 1. The molecule has 2 aromatic heterocycles. The van der Waals surface area contributed by atoms with Gasteiger partial charge in [-0.25, -0.2) is 14.8 Å². The number of carboxylic acids is 1. The van der Waals surface area contributed by atoms with Crippen molar-refractivity contribution in [3.8, 4) is 0 Å². The summed E-state index contributed by atoms with van der Waals surface area (Å²) in [5, 5.41) is 9.04. The molecule has 0 aliphatic rings. The lowest BCUT2D eigenvalue weighted by Gasteiger charge is -2.18. The van der Waals surface area contributed by atoms with E-state index in [-0.39, 0.29) is 11.2 Å². The smallest absolute Gasteiger partial charge is 0.338 e. The SMILES string of the molecule is CC(C)(C)OCc1nc2nccc(C(=O)O)c2[nH]1. The van der Waals surface area contributed by atoms with Crippen molar-refractivity contribution in [1.82, 2.24) is 15.0 Å². The molecule has 18 heavy (non-hydrogen) atoms. The van der Waals surface area contributed by atoms with Gasteiger partial charge in [0.1, 0.15) is 12.4 Å². The van der Waals surface area contributed by atoms with Gasteiger partial charge in [0.2, 0.25) is 0 Å². The van der Waals surface area contributed by atoms with Crippen LogP contribution in [0.2, 0.25) is 0 Å². The Kier molecular flexibility index (Phi) is 3.04. The quantitative estimate of drug-likeness (QED) is 0.868. The number of fused-ring (bicyclic) bond motifs is 1. The summed E-state index contributed by atoms with van der Waals surface area (Å²) in [6.07, 6.45) is 1.43. The van der Waals surface area contributed by atoms with E-state index in [1.165, 1.54) is 12.3 Å². The fourth-order valence-corrected chi connectivity index (χ4v) is 1.49. The maximum atomic E-state index is 11.0. The number of aromatic carboxylic acids is 1. The Morgan fingerprint density at radius 1 is 1.50 bits per heavy atom. The van der Waals surface area contributed by atoms with Crippen LogP contribution in [0.15, 0.2) is 12.3 Å². The number of hydrogen-bond donors (Lipinski definition) is 2. The van der Waals surface area contributed by atoms with Crippen LogP contribution >= 0.6 is 0 Å². The molecule has 0 unspecified atom stereocenters. The van der Waals surface area contributed by atoms with Gasteiger partial charge in [0.05, 0.1) is 16.7 Å². The van der Waals surface area contributed by atoms with E-state index in [9.17, 15) is 4.79 Å². The summed E-state index contributed by atoms with van der Waals surface area (Å²) in [4.78, 5) is 22.2. The Bertz CT molecular complexity index is 584. The first-order valence-corrected chi connectivity index (χ1v) is 5.58. The number of carboxylic acid groups (broad SMARTS) is 1. The molecule has 0 fully saturated rings. The third kappa shape index (κ3) is 2.65. The number of H-pyrrole nitrogens is 1. The highest BCUT2D eigenvalue weighted by Crippen LogP contribution is 2.16. The molecular formula is C12H15N3O3. The monoisotopic (exact) mass is 249 g/mol. The van der Waals surface area contributed by atoms with Crippen molar-refractivity contribution in [1.29, 1.82) is 0 Å². The van der Waals surface area contributed by atoms with Crippen molar-refractivity contribution >= 4 is 17.1 Å². The lowest BCUT2D eigenvalue weighted by Crippen LogP contribution is -2.19. The van der Waals surface area contributed by atoms with Gasteiger partial charge in [-0.05, 0) is 26.8 Å². The molecule has 0 atom stereocenters. The molecule has 2 heterocycles. The molecule has 0 aliphatic heterocycles. The van der Waals surface area contributed by atoms with Crippen molar-refractivity contribution in [3.05, 3.63) is 23.7 Å². The van der Waals surface area contributed by atoms with Crippen LogP contribution in [0.3, 0.4) is 0 Å². The van der Waals surface area contributed by atoms with E-state index < -0.39 is 5.97 Å². The first-order chi connectivity index (χ1) is 8.37. The summed E-state index contributed by atoms with van der Waals surface area (Å²) >= 11 is 0. The van der Waals surface area contributed by atoms with Crippen molar-refractivity contribution in [2.45, 2.75) is 33.0 Å². The fraction of sp³-hybridized carbons (Fsp3) is 0.417. The lowest BCUT2D eigenvalue weighted by molar-refractivity contribution is -0.0177. The number of carbonyl (C=O) groups is 1. The molecule has 0 saturated carbocycles. The van der Waals surface area contributed by atoms with Gasteiger partial charge in [-0.15, -0.1) is 0 Å². The predicted octanol–water partition coefficient (Wildman–Crippen LogP) is 1.97. The zero-order valence-corrected chi connectivity index (χ0v) is 10.5. The molecule has 0 saturated heterocycles. The van der Waals surface area contributed by atoms with E-state index in [0.29, 0.717) is 23.6 Å². The van der Waals surface area contributed by atoms with Crippen LogP contribution in [0, 0.1) is 0 Å². The molecule has 0 radical (unpaired) electrons. The zero-order valence-electron chi connectivity index (χ0n) is 10.5. The zero-order chi connectivity index (χ0) is 13.3. The Hall–Kier alpha value is -1.95. The highest BCUT2D eigenvalue weighted by molar-refractivity contribution is 5.99. The normalized spacial score (nSPS) is 11.9. The largest absolute Gasteiger partial charge is 0.478 e. The summed E-state index contributed by atoms with van der Waals surface area (Å²) in [7, 11) is 0. The second-order valence-electron chi connectivity index (χ2n) is 4.95. The van der Waals surface area contributed by atoms with E-state index in [4.69, 9.17) is 9.84 Å². The van der Waals surface area contributed by atoms with Crippen LogP contribution in [0.5, 0.6) is 0 Å². The highest BCUT2D eigenvalue weighted by Gasteiger charge is 2.15. The Morgan fingerprint density at radius 2 is 2.22 bits per heavy atom. The van der Waals surface area contributed by atoms with Crippen LogP contribution in [0.4, 0.5) is 0 Å². The van der Waals surface area contributed by atoms with E-state index in [1.54, 1.807) is 0 Å². The third-order valence-corrected chi connectivity index (χ3v) is 2.31. The summed E-state index contributed by atoms with van der Waals surface area (Å²) in [6, 6.07) is 1.44. The van der Waals surface area contributed by atoms with E-state index in [2.05, 4.69) is 15.0 Å². The van der Waals surface area contributed by atoms with Gasteiger partial charge < -0.3 is 14.8 Å². The van der Waals surface area contributed by atoms with Crippen LogP contribution in [0.25, 0.3) is 11.2 Å². The number of nitrogens with zero attached hydrogens (tertiary/aromatic N) is 2. The number of hydrogen-bond acceptors (Lipinski definition) is 4. The minimum absolute atomic E-state index is 0.162. The molecule has 2 rings (SSSR count). The van der Waals surface area contributed by atoms with E-state index in [1.807, 2.05) is 20.8 Å². The Labute approximate surface area is 104 Å². The second kappa shape index (κ2) is 4.38. The van der Waals surface area contributed by atoms with Gasteiger partial charge in [-0.2, -0.15) is 0 Å². The number of nitrogens with one attached hydrogen (secondary N) is 1.